The van der Waals surface area contributed by atoms with Crippen LogP contribution in [0.5, 0.6) is 11.5 Å². The van der Waals surface area contributed by atoms with Crippen LogP contribution in [0.15, 0.2) is 54.6 Å². The van der Waals surface area contributed by atoms with Crippen LogP contribution in [-0.4, -0.2) is 13.7 Å². The number of rotatable bonds is 6. The Morgan fingerprint density at radius 1 is 1.00 bits per heavy atom. The van der Waals surface area contributed by atoms with Crippen LogP contribution < -0.4 is 15.2 Å². The molecule has 1 atom stereocenters. The Morgan fingerprint density at radius 3 is 2.37 bits per heavy atom. The van der Waals surface area contributed by atoms with Crippen molar-refractivity contribution in [2.45, 2.75) is 12.5 Å². The quantitative estimate of drug-likeness (QED) is 0.864. The highest BCUT2D eigenvalue weighted by Crippen LogP contribution is 2.30. The number of hydrogen-bond acceptors (Lipinski definition) is 3. The highest BCUT2D eigenvalue weighted by Gasteiger charge is 2.16. The van der Waals surface area contributed by atoms with E-state index < -0.39 is 0 Å². The van der Waals surface area contributed by atoms with Gasteiger partial charge in [-0.2, -0.15) is 0 Å². The first-order valence-electron chi connectivity index (χ1n) is 6.40. The van der Waals surface area contributed by atoms with Crippen molar-refractivity contribution in [3.05, 3.63) is 60.2 Å². The molecule has 0 radical (unpaired) electrons. The topological polar surface area (TPSA) is 44.5 Å². The zero-order chi connectivity index (χ0) is 13.5. The van der Waals surface area contributed by atoms with E-state index in [1.165, 1.54) is 0 Å². The third kappa shape index (κ3) is 3.48. The van der Waals surface area contributed by atoms with Gasteiger partial charge < -0.3 is 15.2 Å². The van der Waals surface area contributed by atoms with Gasteiger partial charge in [-0.3, -0.25) is 0 Å². The molecule has 0 spiro atoms. The average molecular weight is 257 g/mol. The number of para-hydroxylation sites is 2. The number of benzene rings is 2. The van der Waals surface area contributed by atoms with Gasteiger partial charge in [0.2, 0.25) is 0 Å². The van der Waals surface area contributed by atoms with Gasteiger partial charge >= 0.3 is 0 Å². The van der Waals surface area contributed by atoms with Gasteiger partial charge in [0, 0.05) is 12.0 Å². The first kappa shape index (κ1) is 13.4. The molecular weight excluding hydrogens is 238 g/mol. The fourth-order valence-corrected chi connectivity index (χ4v) is 2.03. The normalized spacial score (nSPS) is 11.9. The monoisotopic (exact) mass is 257 g/mol. The summed E-state index contributed by atoms with van der Waals surface area (Å²) in [7, 11) is 1.67. The summed E-state index contributed by atoms with van der Waals surface area (Å²) in [5, 5.41) is 0. The molecule has 3 heteroatoms. The molecular formula is C16H19NO2. The molecule has 2 N–H and O–H groups in total. The predicted octanol–water partition coefficient (Wildman–Crippen LogP) is 3.16. The zero-order valence-corrected chi connectivity index (χ0v) is 11.1. The van der Waals surface area contributed by atoms with E-state index in [1.807, 2.05) is 54.6 Å². The van der Waals surface area contributed by atoms with Crippen molar-refractivity contribution in [1.82, 2.24) is 0 Å². The molecule has 0 aromatic heterocycles. The molecule has 0 aliphatic rings. The summed E-state index contributed by atoms with van der Waals surface area (Å²) in [6.45, 7) is 0.565. The molecule has 0 fully saturated rings. The maximum absolute atomic E-state index is 6.02. The van der Waals surface area contributed by atoms with Gasteiger partial charge in [-0.25, -0.2) is 0 Å². The van der Waals surface area contributed by atoms with E-state index in [1.54, 1.807) is 7.11 Å². The third-order valence-electron chi connectivity index (χ3n) is 2.94. The summed E-state index contributed by atoms with van der Waals surface area (Å²) in [6, 6.07) is 17.6. The Morgan fingerprint density at radius 2 is 1.68 bits per heavy atom. The van der Waals surface area contributed by atoms with Crippen molar-refractivity contribution in [3.8, 4) is 11.5 Å². The van der Waals surface area contributed by atoms with Gasteiger partial charge in [-0.1, -0.05) is 36.4 Å². The van der Waals surface area contributed by atoms with Crippen molar-refractivity contribution in [2.24, 2.45) is 5.73 Å². The summed E-state index contributed by atoms with van der Waals surface area (Å²) < 4.78 is 11.4. The van der Waals surface area contributed by atoms with Crippen LogP contribution in [0, 0.1) is 0 Å². The van der Waals surface area contributed by atoms with Gasteiger partial charge in [-0.05, 0) is 24.7 Å². The average Bonchev–Trinajstić information content (AvgIpc) is 2.48. The zero-order valence-electron chi connectivity index (χ0n) is 11.1. The number of hydrogen-bond donors (Lipinski definition) is 1. The first-order valence-corrected chi connectivity index (χ1v) is 6.40. The summed E-state index contributed by atoms with van der Waals surface area (Å²) in [6.07, 6.45) is 0.651. The summed E-state index contributed by atoms with van der Waals surface area (Å²) in [5.74, 6) is 1.67. The van der Waals surface area contributed by atoms with Crippen LogP contribution in [0.1, 0.15) is 18.1 Å². The minimum Gasteiger partial charge on any atom is -0.496 e. The molecule has 0 bridgehead atoms. The van der Waals surface area contributed by atoms with E-state index in [0.717, 1.165) is 23.5 Å². The predicted molar refractivity (Wildman–Crippen MR) is 76.5 cm³/mol. The minimum atomic E-state index is -0.0939. The second kappa shape index (κ2) is 6.81. The SMILES string of the molecule is COc1ccccc1C(CCN)Oc1ccccc1. The molecule has 0 saturated carbocycles. The number of methoxy groups -OCH3 is 1. The molecule has 19 heavy (non-hydrogen) atoms. The lowest BCUT2D eigenvalue weighted by molar-refractivity contribution is 0.193. The van der Waals surface area contributed by atoms with Gasteiger partial charge in [0.15, 0.2) is 0 Å². The van der Waals surface area contributed by atoms with Crippen molar-refractivity contribution < 1.29 is 9.47 Å². The number of ether oxygens (including phenoxy) is 2. The van der Waals surface area contributed by atoms with Crippen LogP contribution in [0.3, 0.4) is 0 Å². The molecule has 0 saturated heterocycles. The maximum Gasteiger partial charge on any atom is 0.128 e. The standard InChI is InChI=1S/C16H19NO2/c1-18-15-10-6-5-9-14(15)16(11-12-17)19-13-7-3-2-4-8-13/h2-10,16H,11-12,17H2,1H3. The Bertz CT molecular complexity index is 499. The van der Waals surface area contributed by atoms with Crippen LogP contribution in [0.4, 0.5) is 0 Å². The lowest BCUT2D eigenvalue weighted by atomic mass is 10.1. The van der Waals surface area contributed by atoms with Gasteiger partial charge in [0.05, 0.1) is 7.11 Å². The molecule has 0 aliphatic carbocycles. The molecule has 100 valence electrons. The lowest BCUT2D eigenvalue weighted by Gasteiger charge is -2.21. The maximum atomic E-state index is 6.02. The molecule has 2 aromatic carbocycles. The summed E-state index contributed by atoms with van der Waals surface area (Å²) >= 11 is 0. The first-order chi connectivity index (χ1) is 9.35. The van der Waals surface area contributed by atoms with Gasteiger partial charge in [-0.15, -0.1) is 0 Å². The van der Waals surface area contributed by atoms with Crippen LogP contribution in [0.2, 0.25) is 0 Å². The minimum absolute atomic E-state index is 0.0939. The summed E-state index contributed by atoms with van der Waals surface area (Å²) in [5.41, 5.74) is 6.72. The Hall–Kier alpha value is -2.00. The molecule has 0 heterocycles. The Labute approximate surface area is 114 Å². The fourth-order valence-electron chi connectivity index (χ4n) is 2.03. The fraction of sp³-hybridized carbons (Fsp3) is 0.250. The second-order valence-corrected chi connectivity index (χ2v) is 4.24. The number of nitrogens with two attached hydrogens (primary N) is 1. The van der Waals surface area contributed by atoms with E-state index in [-0.39, 0.29) is 6.10 Å². The van der Waals surface area contributed by atoms with E-state index in [4.69, 9.17) is 15.2 Å². The van der Waals surface area contributed by atoms with Gasteiger partial charge in [0.25, 0.3) is 0 Å². The molecule has 2 aromatic rings. The lowest BCUT2D eigenvalue weighted by Crippen LogP contribution is -2.14. The highest BCUT2D eigenvalue weighted by molar-refractivity contribution is 5.36. The van der Waals surface area contributed by atoms with E-state index >= 15 is 0 Å². The van der Waals surface area contributed by atoms with Crippen LogP contribution in [0.25, 0.3) is 0 Å². The van der Waals surface area contributed by atoms with Crippen molar-refractivity contribution in [1.29, 1.82) is 0 Å². The smallest absolute Gasteiger partial charge is 0.128 e. The second-order valence-electron chi connectivity index (χ2n) is 4.24. The van der Waals surface area contributed by atoms with E-state index in [2.05, 4.69) is 0 Å². The van der Waals surface area contributed by atoms with E-state index in [0.29, 0.717) is 6.54 Å². The van der Waals surface area contributed by atoms with E-state index in [9.17, 15) is 0 Å². The molecule has 0 amide bonds. The van der Waals surface area contributed by atoms with Crippen molar-refractivity contribution >= 4 is 0 Å². The summed E-state index contributed by atoms with van der Waals surface area (Å²) in [4.78, 5) is 0. The largest absolute Gasteiger partial charge is 0.496 e. The van der Waals surface area contributed by atoms with Crippen molar-refractivity contribution in [3.63, 3.8) is 0 Å². The van der Waals surface area contributed by atoms with Crippen molar-refractivity contribution in [2.75, 3.05) is 13.7 Å². The molecule has 3 nitrogen and oxygen atoms in total. The highest BCUT2D eigenvalue weighted by atomic mass is 16.5. The van der Waals surface area contributed by atoms with Crippen LogP contribution in [-0.2, 0) is 0 Å². The molecule has 2 rings (SSSR count). The Kier molecular flexibility index (Phi) is 4.81. The Balaban J connectivity index is 2.24. The molecule has 1 unspecified atom stereocenters. The third-order valence-corrected chi connectivity index (χ3v) is 2.94. The molecule has 0 aliphatic heterocycles. The van der Waals surface area contributed by atoms with Gasteiger partial charge in [0.1, 0.15) is 17.6 Å². The van der Waals surface area contributed by atoms with Crippen LogP contribution >= 0.6 is 0 Å².